The molecule has 0 saturated heterocycles. The third-order valence-corrected chi connectivity index (χ3v) is 4.64. The minimum atomic E-state index is -3.48. The van der Waals surface area contributed by atoms with Crippen LogP contribution in [-0.2, 0) is 10.0 Å². The van der Waals surface area contributed by atoms with Crippen molar-refractivity contribution in [3.8, 4) is 0 Å². The van der Waals surface area contributed by atoms with E-state index in [9.17, 15) is 8.42 Å². The molecule has 0 radical (unpaired) electrons. The first-order valence-corrected chi connectivity index (χ1v) is 7.03. The van der Waals surface area contributed by atoms with Gasteiger partial charge in [0.1, 0.15) is 0 Å². The minimum Gasteiger partial charge on any atom is -0.317 e. The molecule has 1 N–H and O–H groups in total. The van der Waals surface area contributed by atoms with E-state index in [0.29, 0.717) is 10.6 Å². The van der Waals surface area contributed by atoms with Crippen LogP contribution < -0.4 is 5.32 Å². The lowest BCUT2D eigenvalue weighted by Gasteiger charge is -2.19. The van der Waals surface area contributed by atoms with Crippen molar-refractivity contribution in [1.29, 1.82) is 0 Å². The molecule has 1 aliphatic heterocycles. The number of hydrogen-bond acceptors (Lipinski definition) is 3. The van der Waals surface area contributed by atoms with Crippen molar-refractivity contribution >= 4 is 15.7 Å². The van der Waals surface area contributed by atoms with Crippen LogP contribution >= 0.6 is 0 Å². The van der Waals surface area contributed by atoms with Gasteiger partial charge in [-0.3, -0.25) is 0 Å². The van der Waals surface area contributed by atoms with Gasteiger partial charge in [-0.1, -0.05) is 25.1 Å². The Morgan fingerprint density at radius 3 is 2.53 bits per heavy atom. The van der Waals surface area contributed by atoms with Crippen molar-refractivity contribution in [3.63, 3.8) is 0 Å². The lowest BCUT2D eigenvalue weighted by atomic mass is 9.93. The number of sulfonamides is 1. The summed E-state index contributed by atoms with van der Waals surface area (Å²) < 4.78 is 27.6. The van der Waals surface area contributed by atoms with Gasteiger partial charge in [-0.15, -0.1) is 0 Å². The summed E-state index contributed by atoms with van der Waals surface area (Å²) in [6, 6.07) is 7.16. The Balaban J connectivity index is 2.52. The van der Waals surface area contributed by atoms with Crippen molar-refractivity contribution in [2.75, 3.05) is 7.05 Å². The predicted molar refractivity (Wildman–Crippen MR) is 67.9 cm³/mol. The van der Waals surface area contributed by atoms with Gasteiger partial charge < -0.3 is 5.32 Å². The number of nitrogens with one attached hydrogen (secondary N) is 1. The van der Waals surface area contributed by atoms with Crippen LogP contribution in [-0.4, -0.2) is 27.2 Å². The lowest BCUT2D eigenvalue weighted by Crippen LogP contribution is -2.33. The van der Waals surface area contributed by atoms with Gasteiger partial charge in [-0.2, -0.15) is 12.8 Å². The van der Waals surface area contributed by atoms with Crippen molar-refractivity contribution in [1.82, 2.24) is 5.32 Å². The molecule has 0 bridgehead atoms. The zero-order valence-corrected chi connectivity index (χ0v) is 11.0. The number of benzene rings is 1. The molecule has 5 heteroatoms. The van der Waals surface area contributed by atoms with Gasteiger partial charge in [-0.05, 0) is 20.0 Å². The molecule has 2 rings (SSSR count). The van der Waals surface area contributed by atoms with Crippen molar-refractivity contribution in [3.05, 3.63) is 29.8 Å². The normalized spacial score (nSPS) is 20.5. The van der Waals surface area contributed by atoms with Gasteiger partial charge in [0.15, 0.2) is 0 Å². The molecule has 0 spiro atoms. The number of hydrogen-bond donors (Lipinski definition) is 1. The maximum absolute atomic E-state index is 11.9. The average Bonchev–Trinajstić information content (AvgIpc) is 2.60. The van der Waals surface area contributed by atoms with Gasteiger partial charge >= 0.3 is 0 Å². The number of nitrogens with zero attached hydrogens (tertiary/aromatic N) is 1. The highest BCUT2D eigenvalue weighted by Crippen LogP contribution is 2.29. The van der Waals surface area contributed by atoms with Crippen molar-refractivity contribution in [2.45, 2.75) is 24.8 Å². The summed E-state index contributed by atoms with van der Waals surface area (Å²) >= 11 is 0. The fraction of sp³-hybridized carbons (Fsp3) is 0.417. The van der Waals surface area contributed by atoms with Crippen LogP contribution in [0.5, 0.6) is 0 Å². The summed E-state index contributed by atoms with van der Waals surface area (Å²) in [4.78, 5) is 0.324. The lowest BCUT2D eigenvalue weighted by molar-refractivity contribution is 0.522. The Morgan fingerprint density at radius 1 is 1.24 bits per heavy atom. The summed E-state index contributed by atoms with van der Waals surface area (Å²) in [6.45, 7) is 4.00. The van der Waals surface area contributed by atoms with Crippen LogP contribution in [0.3, 0.4) is 0 Å². The summed E-state index contributed by atoms with van der Waals surface area (Å²) in [5, 5.41) is 3.12. The predicted octanol–water partition coefficient (Wildman–Crippen LogP) is 1.42. The summed E-state index contributed by atoms with van der Waals surface area (Å²) in [5.74, 6) is 0.0541. The molecule has 1 aromatic carbocycles. The smallest absolute Gasteiger partial charge is 0.283 e. The van der Waals surface area contributed by atoms with E-state index in [-0.39, 0.29) is 12.0 Å². The maximum Gasteiger partial charge on any atom is 0.283 e. The Labute approximate surface area is 102 Å². The van der Waals surface area contributed by atoms with Crippen LogP contribution in [0.15, 0.2) is 33.6 Å². The molecule has 1 aromatic rings. The molecule has 0 amide bonds. The number of fused-ring (bicyclic) bond motifs is 1. The van der Waals surface area contributed by atoms with Crippen LogP contribution in [0.2, 0.25) is 0 Å². The maximum atomic E-state index is 11.9. The molecule has 0 aromatic heterocycles. The minimum absolute atomic E-state index is 0.0541. The molecule has 92 valence electrons. The van der Waals surface area contributed by atoms with Gasteiger partial charge in [0, 0.05) is 17.5 Å². The molecular weight excluding hydrogens is 236 g/mol. The average molecular weight is 252 g/mol. The Morgan fingerprint density at radius 2 is 1.88 bits per heavy atom. The fourth-order valence-corrected chi connectivity index (χ4v) is 3.27. The molecule has 1 heterocycles. The molecule has 1 aliphatic rings. The first-order chi connectivity index (χ1) is 7.97. The van der Waals surface area contributed by atoms with E-state index in [1.54, 1.807) is 12.1 Å². The Hall–Kier alpha value is -1.20. The topological polar surface area (TPSA) is 58.5 Å². The van der Waals surface area contributed by atoms with E-state index in [1.807, 2.05) is 33.0 Å². The highest BCUT2D eigenvalue weighted by Gasteiger charge is 2.32. The molecule has 0 aliphatic carbocycles. The molecule has 17 heavy (non-hydrogen) atoms. The van der Waals surface area contributed by atoms with E-state index >= 15 is 0 Å². The second-order valence-electron chi connectivity index (χ2n) is 4.31. The van der Waals surface area contributed by atoms with Crippen molar-refractivity contribution < 1.29 is 8.42 Å². The van der Waals surface area contributed by atoms with E-state index in [1.165, 1.54) is 0 Å². The van der Waals surface area contributed by atoms with Crippen LogP contribution in [0.1, 0.15) is 19.4 Å². The largest absolute Gasteiger partial charge is 0.317 e. The first kappa shape index (κ1) is 12.3. The molecule has 2 atom stereocenters. The monoisotopic (exact) mass is 252 g/mol. The van der Waals surface area contributed by atoms with E-state index in [4.69, 9.17) is 0 Å². The molecular formula is C12H16N2O2S. The van der Waals surface area contributed by atoms with E-state index in [2.05, 4.69) is 9.71 Å². The second kappa shape index (κ2) is 4.23. The Kier molecular flexibility index (Phi) is 3.05. The quantitative estimate of drug-likeness (QED) is 0.885. The van der Waals surface area contributed by atoms with Gasteiger partial charge in [-0.25, -0.2) is 0 Å². The summed E-state index contributed by atoms with van der Waals surface area (Å²) in [5.41, 5.74) is 1.39. The van der Waals surface area contributed by atoms with Crippen LogP contribution in [0, 0.1) is 5.92 Å². The first-order valence-electron chi connectivity index (χ1n) is 5.59. The van der Waals surface area contributed by atoms with Crippen LogP contribution in [0.4, 0.5) is 0 Å². The van der Waals surface area contributed by atoms with E-state index < -0.39 is 10.0 Å². The molecule has 0 saturated carbocycles. The zero-order chi connectivity index (χ0) is 12.6. The second-order valence-corrected chi connectivity index (χ2v) is 5.89. The molecule has 4 nitrogen and oxygen atoms in total. The third kappa shape index (κ3) is 2.00. The van der Waals surface area contributed by atoms with Crippen molar-refractivity contribution in [2.24, 2.45) is 10.3 Å². The zero-order valence-electron chi connectivity index (χ0n) is 10.1. The highest BCUT2D eigenvalue weighted by atomic mass is 32.2. The fourth-order valence-electron chi connectivity index (χ4n) is 1.95. The molecule has 0 fully saturated rings. The summed E-state index contributed by atoms with van der Waals surface area (Å²) in [7, 11) is -1.62. The number of rotatable bonds is 3. The van der Waals surface area contributed by atoms with Gasteiger partial charge in [0.25, 0.3) is 10.0 Å². The van der Waals surface area contributed by atoms with Crippen LogP contribution in [0.25, 0.3) is 0 Å². The SMILES string of the molecule is CNC(C)C(C)C1=NS(=O)(=O)c2ccccc21. The third-order valence-electron chi connectivity index (χ3n) is 3.30. The molecule has 2 unspecified atom stereocenters. The standard InChI is InChI=1S/C12H16N2O2S/c1-8(9(2)13-3)12-10-6-4-5-7-11(10)17(15,16)14-12/h4-9,13H,1-3H3. The summed E-state index contributed by atoms with van der Waals surface area (Å²) in [6.07, 6.45) is 0. The van der Waals surface area contributed by atoms with Gasteiger partial charge in [0.05, 0.1) is 10.6 Å². The highest BCUT2D eigenvalue weighted by molar-refractivity contribution is 7.90. The van der Waals surface area contributed by atoms with E-state index in [0.717, 1.165) is 5.56 Å². The van der Waals surface area contributed by atoms with Gasteiger partial charge in [0.2, 0.25) is 0 Å². The Bertz CT molecular complexity index is 564.